The van der Waals surface area contributed by atoms with Gasteiger partial charge >= 0.3 is 6.03 Å². The largest absolute Gasteiger partial charge is 0.346 e. The van der Waals surface area contributed by atoms with E-state index in [2.05, 4.69) is 28.8 Å². The van der Waals surface area contributed by atoms with E-state index in [4.69, 9.17) is 0 Å². The fraction of sp³-hybridized carbons (Fsp3) is 0.769. The maximum absolute atomic E-state index is 12.1. The van der Waals surface area contributed by atoms with Crippen molar-refractivity contribution in [2.75, 3.05) is 26.2 Å². The van der Waals surface area contributed by atoms with Gasteiger partial charge in [-0.3, -0.25) is 4.90 Å². The molecule has 0 aromatic carbocycles. The number of amides is 1. The van der Waals surface area contributed by atoms with Crippen molar-refractivity contribution in [3.63, 3.8) is 0 Å². The molecule has 104 valence electrons. The maximum Gasteiger partial charge on any atom is 0.346 e. The average molecular weight is 263 g/mol. The van der Waals surface area contributed by atoms with Crippen molar-refractivity contribution in [1.29, 1.82) is 0 Å². The van der Waals surface area contributed by atoms with Crippen molar-refractivity contribution in [1.82, 2.24) is 24.6 Å². The van der Waals surface area contributed by atoms with Crippen LogP contribution in [0.15, 0.2) is 12.7 Å². The SMILES string of the molecule is CC(C)N1CC2(CCN(C(=O)n3cncn3)CC2)C1. The summed E-state index contributed by atoms with van der Waals surface area (Å²) in [5, 5.41) is 3.90. The highest BCUT2D eigenvalue weighted by atomic mass is 16.2. The van der Waals surface area contributed by atoms with Crippen LogP contribution in [0.1, 0.15) is 26.7 Å². The second kappa shape index (κ2) is 4.59. The molecule has 0 aliphatic carbocycles. The van der Waals surface area contributed by atoms with E-state index in [0.29, 0.717) is 11.5 Å². The molecule has 2 aliphatic rings. The number of aromatic nitrogens is 3. The van der Waals surface area contributed by atoms with Gasteiger partial charge in [-0.25, -0.2) is 9.78 Å². The summed E-state index contributed by atoms with van der Waals surface area (Å²) in [5.41, 5.74) is 0.462. The fourth-order valence-electron chi connectivity index (χ4n) is 3.12. The van der Waals surface area contributed by atoms with E-state index < -0.39 is 0 Å². The number of rotatable bonds is 1. The Morgan fingerprint density at radius 3 is 2.47 bits per heavy atom. The molecule has 0 N–H and O–H groups in total. The standard InChI is InChI=1S/C13H21N5O/c1-11(2)17-7-13(8-17)3-5-16(6-4-13)12(19)18-10-14-9-15-18/h9-11H,3-8H2,1-2H3. The van der Waals surface area contributed by atoms with E-state index in [1.807, 2.05) is 4.90 Å². The molecule has 19 heavy (non-hydrogen) atoms. The Balaban J connectivity index is 1.55. The van der Waals surface area contributed by atoms with E-state index >= 15 is 0 Å². The van der Waals surface area contributed by atoms with Gasteiger partial charge in [-0.2, -0.15) is 9.78 Å². The van der Waals surface area contributed by atoms with Gasteiger partial charge in [0.05, 0.1) is 0 Å². The third-order valence-corrected chi connectivity index (χ3v) is 4.52. The molecule has 0 radical (unpaired) electrons. The molecule has 3 rings (SSSR count). The number of carbonyl (C=O) groups is 1. The van der Waals surface area contributed by atoms with Gasteiger partial charge in [-0.1, -0.05) is 0 Å². The summed E-state index contributed by atoms with van der Waals surface area (Å²) in [6.45, 7) is 8.55. The van der Waals surface area contributed by atoms with Gasteiger partial charge in [-0.15, -0.1) is 0 Å². The normalized spacial score (nSPS) is 22.8. The quantitative estimate of drug-likeness (QED) is 0.760. The highest BCUT2D eigenvalue weighted by Crippen LogP contribution is 2.41. The minimum atomic E-state index is -0.0487. The van der Waals surface area contributed by atoms with E-state index in [1.165, 1.54) is 30.4 Å². The lowest BCUT2D eigenvalue weighted by molar-refractivity contribution is -0.0561. The smallest absolute Gasteiger partial charge is 0.323 e. The van der Waals surface area contributed by atoms with Crippen LogP contribution in [-0.4, -0.2) is 62.8 Å². The number of hydrogen-bond donors (Lipinski definition) is 0. The summed E-state index contributed by atoms with van der Waals surface area (Å²) in [7, 11) is 0. The third kappa shape index (κ3) is 2.25. The maximum atomic E-state index is 12.1. The van der Waals surface area contributed by atoms with Gasteiger partial charge in [0, 0.05) is 32.2 Å². The van der Waals surface area contributed by atoms with Crippen molar-refractivity contribution >= 4 is 6.03 Å². The van der Waals surface area contributed by atoms with Crippen LogP contribution in [0.25, 0.3) is 0 Å². The second-order valence-electron chi connectivity index (χ2n) is 6.11. The molecule has 3 heterocycles. The lowest BCUT2D eigenvalue weighted by atomic mass is 9.71. The summed E-state index contributed by atoms with van der Waals surface area (Å²) in [6.07, 6.45) is 5.08. The Kier molecular flexibility index (Phi) is 3.05. The fourth-order valence-corrected chi connectivity index (χ4v) is 3.12. The minimum Gasteiger partial charge on any atom is -0.323 e. The summed E-state index contributed by atoms with van der Waals surface area (Å²) < 4.78 is 1.32. The molecule has 6 heteroatoms. The third-order valence-electron chi connectivity index (χ3n) is 4.52. The van der Waals surface area contributed by atoms with Crippen LogP contribution in [0, 0.1) is 5.41 Å². The predicted octanol–water partition coefficient (Wildman–Crippen LogP) is 1.05. The van der Waals surface area contributed by atoms with Crippen molar-refractivity contribution < 1.29 is 4.79 Å². The van der Waals surface area contributed by atoms with Crippen LogP contribution in [0.3, 0.4) is 0 Å². The van der Waals surface area contributed by atoms with E-state index in [0.717, 1.165) is 25.9 Å². The zero-order valence-electron chi connectivity index (χ0n) is 11.6. The first-order chi connectivity index (χ1) is 9.10. The predicted molar refractivity (Wildman–Crippen MR) is 70.8 cm³/mol. The van der Waals surface area contributed by atoms with Gasteiger partial charge in [-0.05, 0) is 32.1 Å². The number of nitrogens with zero attached hydrogens (tertiary/aromatic N) is 5. The Labute approximate surface area is 113 Å². The molecule has 2 aliphatic heterocycles. The lowest BCUT2D eigenvalue weighted by Gasteiger charge is -2.55. The Hall–Kier alpha value is -1.43. The van der Waals surface area contributed by atoms with Crippen molar-refractivity contribution in [2.24, 2.45) is 5.41 Å². The Morgan fingerprint density at radius 1 is 1.26 bits per heavy atom. The number of piperidine rings is 1. The molecule has 2 fully saturated rings. The van der Waals surface area contributed by atoms with Gasteiger partial charge in [0.2, 0.25) is 0 Å². The number of carbonyl (C=O) groups excluding carboxylic acids is 1. The van der Waals surface area contributed by atoms with Crippen LogP contribution in [0.5, 0.6) is 0 Å². The lowest BCUT2D eigenvalue weighted by Crippen LogP contribution is -2.62. The molecular formula is C13H21N5O. The van der Waals surface area contributed by atoms with Gasteiger partial charge in [0.25, 0.3) is 0 Å². The van der Waals surface area contributed by atoms with Crippen molar-refractivity contribution in [3.8, 4) is 0 Å². The van der Waals surface area contributed by atoms with E-state index in [-0.39, 0.29) is 6.03 Å². The molecule has 1 amide bonds. The molecule has 1 aromatic heterocycles. The van der Waals surface area contributed by atoms with Crippen LogP contribution < -0.4 is 0 Å². The first kappa shape index (κ1) is 12.6. The Morgan fingerprint density at radius 2 is 1.95 bits per heavy atom. The van der Waals surface area contributed by atoms with Gasteiger partial charge in [0.1, 0.15) is 12.7 Å². The van der Waals surface area contributed by atoms with Crippen molar-refractivity contribution in [2.45, 2.75) is 32.7 Å². The summed E-state index contributed by atoms with van der Waals surface area (Å²) in [4.78, 5) is 20.3. The highest BCUT2D eigenvalue weighted by Gasteiger charge is 2.46. The minimum absolute atomic E-state index is 0.0487. The van der Waals surface area contributed by atoms with E-state index in [9.17, 15) is 4.79 Å². The molecule has 0 unspecified atom stereocenters. The molecule has 6 nitrogen and oxygen atoms in total. The highest BCUT2D eigenvalue weighted by molar-refractivity contribution is 5.75. The van der Waals surface area contributed by atoms with Gasteiger partial charge < -0.3 is 4.90 Å². The number of hydrogen-bond acceptors (Lipinski definition) is 4. The topological polar surface area (TPSA) is 54.3 Å². The monoisotopic (exact) mass is 263 g/mol. The molecule has 0 saturated carbocycles. The summed E-state index contributed by atoms with van der Waals surface area (Å²) >= 11 is 0. The van der Waals surface area contributed by atoms with Gasteiger partial charge in [0.15, 0.2) is 0 Å². The zero-order valence-corrected chi connectivity index (χ0v) is 11.6. The molecule has 2 saturated heterocycles. The molecular weight excluding hydrogens is 242 g/mol. The Bertz CT molecular complexity index is 440. The zero-order chi connectivity index (χ0) is 13.5. The number of likely N-dealkylation sites (tertiary alicyclic amines) is 2. The molecule has 1 spiro atoms. The van der Waals surface area contributed by atoms with Crippen LogP contribution in [-0.2, 0) is 0 Å². The molecule has 0 bridgehead atoms. The summed E-state index contributed by atoms with van der Waals surface area (Å²) in [6, 6.07) is 0.591. The van der Waals surface area contributed by atoms with Crippen molar-refractivity contribution in [3.05, 3.63) is 12.7 Å². The van der Waals surface area contributed by atoms with Crippen LogP contribution in [0.4, 0.5) is 4.79 Å². The molecule has 1 aromatic rings. The first-order valence-electron chi connectivity index (χ1n) is 6.98. The first-order valence-corrected chi connectivity index (χ1v) is 6.98. The average Bonchev–Trinajstić information content (AvgIpc) is 2.89. The summed E-state index contributed by atoms with van der Waals surface area (Å²) in [5.74, 6) is 0. The van der Waals surface area contributed by atoms with Crippen LogP contribution >= 0.6 is 0 Å². The second-order valence-corrected chi connectivity index (χ2v) is 6.11. The van der Waals surface area contributed by atoms with E-state index in [1.54, 1.807) is 0 Å². The van der Waals surface area contributed by atoms with Crippen LogP contribution in [0.2, 0.25) is 0 Å². The molecule has 0 atom stereocenters.